The highest BCUT2D eigenvalue weighted by atomic mass is 79.9. The van der Waals surface area contributed by atoms with Crippen LogP contribution in [0.25, 0.3) is 16.6 Å². The lowest BCUT2D eigenvalue weighted by molar-refractivity contribution is 0.821. The molecule has 0 spiro atoms. The largest absolute Gasteiger partial charge is 0.268 e. The number of hydrogen-bond acceptors (Lipinski definition) is 3. The summed E-state index contributed by atoms with van der Waals surface area (Å²) in [4.78, 5) is 17.6. The van der Waals surface area contributed by atoms with Gasteiger partial charge in [0.2, 0.25) is 0 Å². The molecule has 22 heavy (non-hydrogen) atoms. The van der Waals surface area contributed by atoms with E-state index in [0.29, 0.717) is 21.8 Å². The van der Waals surface area contributed by atoms with Crippen molar-refractivity contribution in [2.45, 2.75) is 5.16 Å². The SMILES string of the molecule is C=CCSc1nc2cc(Br)ccc2c(=O)n1-c1ccccc1. The summed E-state index contributed by atoms with van der Waals surface area (Å²) in [5, 5.41) is 1.27. The minimum absolute atomic E-state index is 0.0599. The van der Waals surface area contributed by atoms with Crippen LogP contribution < -0.4 is 5.56 Å². The first-order valence-corrected chi connectivity index (χ1v) is 8.50. The Morgan fingerprint density at radius 2 is 2.00 bits per heavy atom. The number of nitrogens with zero attached hydrogens (tertiary/aromatic N) is 2. The van der Waals surface area contributed by atoms with E-state index in [4.69, 9.17) is 0 Å². The third-order valence-electron chi connectivity index (χ3n) is 3.15. The first-order chi connectivity index (χ1) is 10.7. The molecule has 3 nitrogen and oxygen atoms in total. The van der Waals surface area contributed by atoms with Crippen molar-refractivity contribution in [3.05, 3.63) is 76.0 Å². The zero-order chi connectivity index (χ0) is 15.5. The van der Waals surface area contributed by atoms with E-state index in [1.54, 1.807) is 16.7 Å². The smallest absolute Gasteiger partial charge is 0.266 e. The number of aromatic nitrogens is 2. The molecule has 0 radical (unpaired) electrons. The maximum atomic E-state index is 12.9. The summed E-state index contributed by atoms with van der Waals surface area (Å²) in [6.07, 6.45) is 1.80. The number of halogens is 1. The van der Waals surface area contributed by atoms with Crippen molar-refractivity contribution in [1.29, 1.82) is 0 Å². The van der Waals surface area contributed by atoms with E-state index in [0.717, 1.165) is 10.2 Å². The Labute approximate surface area is 140 Å². The molecule has 0 bridgehead atoms. The topological polar surface area (TPSA) is 34.9 Å². The van der Waals surface area contributed by atoms with Crippen LogP contribution in [0.5, 0.6) is 0 Å². The lowest BCUT2D eigenvalue weighted by Crippen LogP contribution is -2.21. The molecule has 5 heteroatoms. The van der Waals surface area contributed by atoms with E-state index in [1.165, 1.54) is 11.8 Å². The average Bonchev–Trinajstić information content (AvgIpc) is 2.53. The van der Waals surface area contributed by atoms with Crippen LogP contribution in [0.2, 0.25) is 0 Å². The molecule has 0 amide bonds. The van der Waals surface area contributed by atoms with E-state index >= 15 is 0 Å². The molecule has 0 saturated heterocycles. The molecule has 2 aromatic carbocycles. The second-order valence-electron chi connectivity index (χ2n) is 4.63. The van der Waals surface area contributed by atoms with Crippen molar-refractivity contribution in [3.63, 3.8) is 0 Å². The summed E-state index contributed by atoms with van der Waals surface area (Å²) in [6.45, 7) is 3.73. The standard InChI is InChI=1S/C17H13BrN2OS/c1-2-10-22-17-19-15-11-12(18)8-9-14(15)16(21)20(17)13-6-4-3-5-7-13/h2-9,11H,1,10H2. The Kier molecular flexibility index (Phi) is 4.45. The van der Waals surface area contributed by atoms with Gasteiger partial charge in [0.05, 0.1) is 16.6 Å². The van der Waals surface area contributed by atoms with E-state index < -0.39 is 0 Å². The van der Waals surface area contributed by atoms with Gasteiger partial charge in [-0.2, -0.15) is 0 Å². The number of thioether (sulfide) groups is 1. The average molecular weight is 373 g/mol. The van der Waals surface area contributed by atoms with Gasteiger partial charge in [0, 0.05) is 10.2 Å². The molecule has 0 fully saturated rings. The van der Waals surface area contributed by atoms with Gasteiger partial charge in [-0.15, -0.1) is 6.58 Å². The molecule has 1 aromatic heterocycles. The highest BCUT2D eigenvalue weighted by molar-refractivity contribution is 9.10. The van der Waals surface area contributed by atoms with Crippen molar-refractivity contribution in [2.24, 2.45) is 0 Å². The van der Waals surface area contributed by atoms with Crippen molar-refractivity contribution in [1.82, 2.24) is 9.55 Å². The first kappa shape index (κ1) is 15.1. The Bertz CT molecular complexity index is 890. The molecule has 110 valence electrons. The third kappa shape index (κ3) is 2.87. The molecule has 0 aliphatic carbocycles. The second-order valence-corrected chi connectivity index (χ2v) is 6.53. The predicted molar refractivity (Wildman–Crippen MR) is 96.0 cm³/mol. The highest BCUT2D eigenvalue weighted by Crippen LogP contribution is 2.23. The van der Waals surface area contributed by atoms with Gasteiger partial charge in [-0.3, -0.25) is 9.36 Å². The van der Waals surface area contributed by atoms with Crippen LogP contribution in [0.3, 0.4) is 0 Å². The quantitative estimate of drug-likeness (QED) is 0.386. The summed E-state index contributed by atoms with van der Waals surface area (Å²) in [5.41, 5.74) is 1.45. The molecule has 3 aromatic rings. The van der Waals surface area contributed by atoms with E-state index in [1.807, 2.05) is 42.5 Å². The van der Waals surface area contributed by atoms with Gasteiger partial charge in [0.25, 0.3) is 5.56 Å². The van der Waals surface area contributed by atoms with Gasteiger partial charge in [0.1, 0.15) is 0 Å². The van der Waals surface area contributed by atoms with Crippen molar-refractivity contribution in [2.75, 3.05) is 5.75 Å². The summed E-state index contributed by atoms with van der Waals surface area (Å²) in [6, 6.07) is 15.1. The Balaban J connectivity index is 2.32. The summed E-state index contributed by atoms with van der Waals surface area (Å²) < 4.78 is 2.56. The molecular weight excluding hydrogens is 360 g/mol. The monoisotopic (exact) mass is 372 g/mol. The Hall–Kier alpha value is -1.85. The fraction of sp³-hybridized carbons (Fsp3) is 0.0588. The van der Waals surface area contributed by atoms with Gasteiger partial charge in [-0.25, -0.2) is 4.98 Å². The highest BCUT2D eigenvalue weighted by Gasteiger charge is 2.12. The van der Waals surface area contributed by atoms with Gasteiger partial charge in [-0.05, 0) is 30.3 Å². The number of benzene rings is 2. The maximum Gasteiger partial charge on any atom is 0.266 e. The lowest BCUT2D eigenvalue weighted by Gasteiger charge is -2.12. The number of para-hydroxylation sites is 1. The molecule has 0 saturated carbocycles. The molecule has 0 aliphatic heterocycles. The molecular formula is C17H13BrN2OS. The molecule has 3 rings (SSSR count). The zero-order valence-electron chi connectivity index (χ0n) is 11.7. The second kappa shape index (κ2) is 6.50. The van der Waals surface area contributed by atoms with Gasteiger partial charge < -0.3 is 0 Å². The summed E-state index contributed by atoms with van der Waals surface area (Å²) in [5.74, 6) is 0.693. The van der Waals surface area contributed by atoms with Gasteiger partial charge >= 0.3 is 0 Å². The van der Waals surface area contributed by atoms with Crippen LogP contribution in [0.1, 0.15) is 0 Å². The maximum absolute atomic E-state index is 12.9. The molecule has 1 heterocycles. The van der Waals surface area contributed by atoms with Gasteiger partial charge in [-0.1, -0.05) is 52.0 Å². The van der Waals surface area contributed by atoms with Crippen LogP contribution in [0, 0.1) is 0 Å². The number of hydrogen-bond donors (Lipinski definition) is 0. The molecule has 0 unspecified atom stereocenters. The predicted octanol–water partition coefficient (Wildman–Crippen LogP) is 4.43. The van der Waals surface area contributed by atoms with Crippen LogP contribution in [0.4, 0.5) is 0 Å². The number of rotatable bonds is 4. The zero-order valence-corrected chi connectivity index (χ0v) is 14.1. The normalized spacial score (nSPS) is 10.8. The minimum atomic E-state index is -0.0599. The Morgan fingerprint density at radius 3 is 2.73 bits per heavy atom. The number of fused-ring (bicyclic) bond motifs is 1. The minimum Gasteiger partial charge on any atom is -0.268 e. The van der Waals surface area contributed by atoms with Crippen LogP contribution in [0.15, 0.2) is 75.6 Å². The summed E-state index contributed by atoms with van der Waals surface area (Å²) in [7, 11) is 0. The van der Waals surface area contributed by atoms with Crippen molar-refractivity contribution in [3.8, 4) is 5.69 Å². The molecule has 0 aliphatic rings. The van der Waals surface area contributed by atoms with Crippen molar-refractivity contribution >= 4 is 38.6 Å². The molecule has 0 atom stereocenters. The summed E-state index contributed by atoms with van der Waals surface area (Å²) >= 11 is 4.92. The third-order valence-corrected chi connectivity index (χ3v) is 4.57. The Morgan fingerprint density at radius 1 is 1.23 bits per heavy atom. The lowest BCUT2D eigenvalue weighted by atomic mass is 10.2. The molecule has 0 N–H and O–H groups in total. The fourth-order valence-electron chi connectivity index (χ4n) is 2.17. The fourth-order valence-corrected chi connectivity index (χ4v) is 3.27. The van der Waals surface area contributed by atoms with E-state index in [-0.39, 0.29) is 5.56 Å². The van der Waals surface area contributed by atoms with Gasteiger partial charge in [0.15, 0.2) is 5.16 Å². The van der Waals surface area contributed by atoms with E-state index in [2.05, 4.69) is 27.5 Å². The first-order valence-electron chi connectivity index (χ1n) is 6.72. The van der Waals surface area contributed by atoms with E-state index in [9.17, 15) is 4.79 Å². The van der Waals surface area contributed by atoms with Crippen LogP contribution >= 0.6 is 27.7 Å². The van der Waals surface area contributed by atoms with Crippen LogP contribution in [-0.2, 0) is 0 Å². The van der Waals surface area contributed by atoms with Crippen molar-refractivity contribution < 1.29 is 0 Å². The van der Waals surface area contributed by atoms with Crippen LogP contribution in [-0.4, -0.2) is 15.3 Å².